The molecule has 0 fully saturated rings. The van der Waals surface area contributed by atoms with E-state index >= 15 is 0 Å². The van der Waals surface area contributed by atoms with Crippen LogP contribution in [0.15, 0.2) is 27.4 Å². The summed E-state index contributed by atoms with van der Waals surface area (Å²) in [6, 6.07) is 3.80. The van der Waals surface area contributed by atoms with Crippen LogP contribution in [0.3, 0.4) is 0 Å². The van der Waals surface area contributed by atoms with Gasteiger partial charge < -0.3 is 4.74 Å². The van der Waals surface area contributed by atoms with E-state index in [0.29, 0.717) is 17.0 Å². The van der Waals surface area contributed by atoms with Gasteiger partial charge in [0.1, 0.15) is 10.6 Å². The number of hydrogen-bond donors (Lipinski definition) is 0. The zero-order valence-corrected chi connectivity index (χ0v) is 11.7. The molecule has 0 unspecified atom stereocenters. The van der Waals surface area contributed by atoms with Gasteiger partial charge in [0.25, 0.3) is 0 Å². The summed E-state index contributed by atoms with van der Waals surface area (Å²) in [5.74, 6) is 0.784. The monoisotopic (exact) mass is 316 g/mol. The molecular weight excluding hydrogens is 308 g/mol. The van der Waals surface area contributed by atoms with E-state index in [9.17, 15) is 4.79 Å². The predicted molar refractivity (Wildman–Crippen MR) is 70.9 cm³/mol. The van der Waals surface area contributed by atoms with E-state index in [-0.39, 0.29) is 5.78 Å². The lowest BCUT2D eigenvalue weighted by Crippen LogP contribution is -2.01. The highest BCUT2D eigenvalue weighted by atomic mass is 79.9. The number of carbonyl (C=O) groups is 1. The zero-order valence-electron chi connectivity index (χ0n) is 8.53. The van der Waals surface area contributed by atoms with Gasteiger partial charge in [0.2, 0.25) is 0 Å². The zero-order chi connectivity index (χ0) is 11.5. The van der Waals surface area contributed by atoms with Gasteiger partial charge in [-0.15, -0.1) is 22.7 Å². The second kappa shape index (κ2) is 5.12. The van der Waals surface area contributed by atoms with Crippen LogP contribution in [0.5, 0.6) is 5.75 Å². The van der Waals surface area contributed by atoms with E-state index in [2.05, 4.69) is 15.9 Å². The molecule has 2 heterocycles. The Morgan fingerprint density at radius 2 is 2.31 bits per heavy atom. The molecule has 0 radical (unpaired) electrons. The van der Waals surface area contributed by atoms with E-state index in [1.165, 1.54) is 11.3 Å². The fourth-order valence-corrected chi connectivity index (χ4v) is 3.60. The van der Waals surface area contributed by atoms with Crippen molar-refractivity contribution >= 4 is 44.4 Å². The Bertz CT molecular complexity index is 502. The van der Waals surface area contributed by atoms with Gasteiger partial charge in [-0.1, -0.05) is 0 Å². The first-order chi connectivity index (χ1) is 7.70. The molecule has 0 saturated carbocycles. The minimum atomic E-state index is 0.112. The van der Waals surface area contributed by atoms with Crippen molar-refractivity contribution in [3.8, 4) is 5.75 Å². The maximum atomic E-state index is 12.0. The third kappa shape index (κ3) is 2.53. The Hall–Kier alpha value is -0.650. The van der Waals surface area contributed by atoms with Crippen molar-refractivity contribution in [2.24, 2.45) is 0 Å². The third-order valence-corrected chi connectivity index (χ3v) is 4.69. The lowest BCUT2D eigenvalue weighted by atomic mass is 10.2. The summed E-state index contributed by atoms with van der Waals surface area (Å²) < 4.78 is 6.16. The van der Waals surface area contributed by atoms with Crippen molar-refractivity contribution in [2.75, 3.05) is 7.11 Å². The molecule has 16 heavy (non-hydrogen) atoms. The molecule has 0 aliphatic heterocycles. The number of rotatable bonds is 4. The van der Waals surface area contributed by atoms with Gasteiger partial charge >= 0.3 is 0 Å². The summed E-state index contributed by atoms with van der Waals surface area (Å²) in [6.07, 6.45) is 0.438. The molecule has 0 amide bonds. The maximum Gasteiger partial charge on any atom is 0.181 e. The van der Waals surface area contributed by atoms with Gasteiger partial charge in [-0.05, 0) is 33.4 Å². The Morgan fingerprint density at radius 1 is 1.50 bits per heavy atom. The average Bonchev–Trinajstić information content (AvgIpc) is 2.86. The molecule has 0 spiro atoms. The summed E-state index contributed by atoms with van der Waals surface area (Å²) >= 11 is 6.39. The average molecular weight is 317 g/mol. The van der Waals surface area contributed by atoms with Crippen LogP contribution in [0.1, 0.15) is 14.5 Å². The number of Topliss-reactive ketones (excluding diaryl/α,β-unsaturated/α-hetero) is 1. The molecule has 2 nitrogen and oxygen atoms in total. The first-order valence-electron chi connectivity index (χ1n) is 4.58. The van der Waals surface area contributed by atoms with Crippen LogP contribution >= 0.6 is 38.6 Å². The predicted octanol–water partition coefficient (Wildman–Crippen LogP) is 4.01. The molecule has 0 bridgehead atoms. The van der Waals surface area contributed by atoms with Gasteiger partial charge in [-0.25, -0.2) is 0 Å². The molecule has 0 atom stereocenters. The first-order valence-corrected chi connectivity index (χ1v) is 7.13. The van der Waals surface area contributed by atoms with Gasteiger partial charge in [0.15, 0.2) is 5.78 Å². The molecule has 2 aromatic rings. The summed E-state index contributed by atoms with van der Waals surface area (Å²) in [5.41, 5.74) is 0. The van der Waals surface area contributed by atoms with Crippen LogP contribution in [0, 0.1) is 0 Å². The van der Waals surface area contributed by atoms with Gasteiger partial charge in [0, 0.05) is 21.2 Å². The Labute approximate surface area is 110 Å². The van der Waals surface area contributed by atoms with Crippen LogP contribution < -0.4 is 4.74 Å². The third-order valence-electron chi connectivity index (χ3n) is 2.06. The minimum Gasteiger partial charge on any atom is -0.495 e. The molecule has 0 aliphatic carbocycles. The van der Waals surface area contributed by atoms with Crippen molar-refractivity contribution in [2.45, 2.75) is 6.42 Å². The van der Waals surface area contributed by atoms with Crippen molar-refractivity contribution in [3.63, 3.8) is 0 Å². The molecular formula is C11H9BrO2S2. The Morgan fingerprint density at radius 3 is 2.94 bits per heavy atom. The molecule has 84 valence electrons. The van der Waals surface area contributed by atoms with E-state index in [1.807, 2.05) is 22.9 Å². The summed E-state index contributed by atoms with van der Waals surface area (Å²) in [5, 5.41) is 3.85. The van der Waals surface area contributed by atoms with Crippen LogP contribution in [0.2, 0.25) is 0 Å². The van der Waals surface area contributed by atoms with E-state index in [4.69, 9.17) is 4.74 Å². The number of ketones is 1. The maximum absolute atomic E-state index is 12.0. The van der Waals surface area contributed by atoms with Crippen molar-refractivity contribution in [1.29, 1.82) is 0 Å². The number of hydrogen-bond acceptors (Lipinski definition) is 4. The van der Waals surface area contributed by atoms with Gasteiger partial charge in [-0.2, -0.15) is 0 Å². The lowest BCUT2D eigenvalue weighted by Gasteiger charge is -2.00. The summed E-state index contributed by atoms with van der Waals surface area (Å²) in [6.45, 7) is 0. The molecule has 0 aromatic carbocycles. The minimum absolute atomic E-state index is 0.112. The number of methoxy groups -OCH3 is 1. The molecule has 0 N–H and O–H groups in total. The van der Waals surface area contributed by atoms with Crippen molar-refractivity contribution in [1.82, 2.24) is 0 Å². The highest BCUT2D eigenvalue weighted by Crippen LogP contribution is 2.27. The standard InChI is InChI=1S/C11H9BrO2S2/c1-14-10-2-3-15-11(10)9(13)5-8-4-7(12)6-16-8/h2-4,6H,5H2,1H3. The van der Waals surface area contributed by atoms with E-state index in [0.717, 1.165) is 9.35 Å². The topological polar surface area (TPSA) is 26.3 Å². The van der Waals surface area contributed by atoms with Crippen molar-refractivity contribution < 1.29 is 9.53 Å². The second-order valence-corrected chi connectivity index (χ2v) is 5.98. The fourth-order valence-electron chi connectivity index (χ4n) is 1.35. The highest BCUT2D eigenvalue weighted by Gasteiger charge is 2.15. The molecule has 2 rings (SSSR count). The highest BCUT2D eigenvalue weighted by molar-refractivity contribution is 9.10. The van der Waals surface area contributed by atoms with Gasteiger partial charge in [-0.3, -0.25) is 4.79 Å². The summed E-state index contributed by atoms with van der Waals surface area (Å²) in [7, 11) is 1.58. The quantitative estimate of drug-likeness (QED) is 0.797. The Kier molecular flexibility index (Phi) is 3.78. The van der Waals surface area contributed by atoms with Crippen LogP contribution in [0.4, 0.5) is 0 Å². The van der Waals surface area contributed by atoms with E-state index in [1.54, 1.807) is 18.4 Å². The largest absolute Gasteiger partial charge is 0.495 e. The summed E-state index contributed by atoms with van der Waals surface area (Å²) in [4.78, 5) is 13.7. The van der Waals surface area contributed by atoms with Crippen LogP contribution in [-0.2, 0) is 6.42 Å². The fraction of sp³-hybridized carbons (Fsp3) is 0.182. The van der Waals surface area contributed by atoms with E-state index < -0.39 is 0 Å². The van der Waals surface area contributed by atoms with Crippen LogP contribution in [-0.4, -0.2) is 12.9 Å². The SMILES string of the molecule is COc1ccsc1C(=O)Cc1cc(Br)cs1. The van der Waals surface area contributed by atoms with Crippen LogP contribution in [0.25, 0.3) is 0 Å². The smallest absolute Gasteiger partial charge is 0.181 e. The molecule has 0 saturated heterocycles. The first kappa shape index (κ1) is 11.8. The normalized spacial score (nSPS) is 10.4. The van der Waals surface area contributed by atoms with Crippen molar-refractivity contribution in [3.05, 3.63) is 37.1 Å². The number of carbonyl (C=O) groups excluding carboxylic acids is 1. The lowest BCUT2D eigenvalue weighted by molar-refractivity contribution is 0.0995. The molecule has 0 aliphatic rings. The number of halogens is 1. The number of thiophene rings is 2. The molecule has 2 aromatic heterocycles. The second-order valence-electron chi connectivity index (χ2n) is 3.15. The number of ether oxygens (including phenoxy) is 1. The Balaban J connectivity index is 2.14. The van der Waals surface area contributed by atoms with Gasteiger partial charge in [0.05, 0.1) is 7.11 Å². The molecule has 5 heteroatoms.